The molecule has 0 saturated carbocycles. The van der Waals surface area contributed by atoms with Crippen molar-refractivity contribution in [1.29, 1.82) is 0 Å². The van der Waals surface area contributed by atoms with Crippen LogP contribution in [0.25, 0.3) is 0 Å². The van der Waals surface area contributed by atoms with E-state index in [0.717, 1.165) is 5.75 Å². The summed E-state index contributed by atoms with van der Waals surface area (Å²) in [5, 5.41) is 3.01. The summed E-state index contributed by atoms with van der Waals surface area (Å²) in [6.45, 7) is 1.97. The molecule has 0 amide bonds. The normalized spacial score (nSPS) is 12.2. The van der Waals surface area contributed by atoms with Gasteiger partial charge in [0.25, 0.3) is 0 Å². The highest BCUT2D eigenvalue weighted by Crippen LogP contribution is 2.24. The molecule has 1 N–H and O–H groups in total. The zero-order chi connectivity index (χ0) is 15.2. The Balaban J connectivity index is 2.02. The molecule has 0 aliphatic carbocycles. The number of ether oxygens (including phenoxy) is 1. The van der Waals surface area contributed by atoms with Crippen LogP contribution in [0.3, 0.4) is 0 Å². The summed E-state index contributed by atoms with van der Waals surface area (Å²) in [7, 11) is 1.73. The lowest BCUT2D eigenvalue weighted by molar-refractivity contribution is 0.287. The van der Waals surface area contributed by atoms with Crippen molar-refractivity contribution in [2.75, 3.05) is 13.7 Å². The number of benzene rings is 2. The Morgan fingerprint density at radius 1 is 1.05 bits per heavy atom. The summed E-state index contributed by atoms with van der Waals surface area (Å²) < 4.78 is 33.2. The smallest absolute Gasteiger partial charge is 0.163 e. The molecular formula is C17H19F2NO. The van der Waals surface area contributed by atoms with Crippen LogP contribution in [0, 0.1) is 18.6 Å². The standard InChI is InChI=1S/C17H19F2NO/c1-12-8-9-14(17(19)16(12)18)15(20-2)10-11-21-13-6-4-3-5-7-13/h3-9,15,20H,10-11H2,1-2H3. The van der Waals surface area contributed by atoms with Crippen molar-refractivity contribution in [2.45, 2.75) is 19.4 Å². The Morgan fingerprint density at radius 2 is 1.76 bits per heavy atom. The summed E-state index contributed by atoms with van der Waals surface area (Å²) >= 11 is 0. The van der Waals surface area contributed by atoms with Crippen LogP contribution in [-0.2, 0) is 0 Å². The molecule has 112 valence electrons. The second-order valence-corrected chi connectivity index (χ2v) is 4.89. The first-order valence-electron chi connectivity index (χ1n) is 6.93. The molecule has 21 heavy (non-hydrogen) atoms. The minimum Gasteiger partial charge on any atom is -0.494 e. The fourth-order valence-corrected chi connectivity index (χ4v) is 2.20. The molecule has 0 aromatic heterocycles. The molecule has 2 rings (SSSR count). The van der Waals surface area contributed by atoms with Crippen LogP contribution < -0.4 is 10.1 Å². The minimum atomic E-state index is -0.783. The van der Waals surface area contributed by atoms with E-state index in [1.165, 1.54) is 0 Å². The van der Waals surface area contributed by atoms with Crippen molar-refractivity contribution in [3.05, 3.63) is 65.2 Å². The van der Waals surface area contributed by atoms with Gasteiger partial charge >= 0.3 is 0 Å². The number of rotatable bonds is 6. The van der Waals surface area contributed by atoms with Gasteiger partial charge in [-0.2, -0.15) is 0 Å². The number of nitrogens with one attached hydrogen (secondary N) is 1. The van der Waals surface area contributed by atoms with Gasteiger partial charge in [-0.1, -0.05) is 30.3 Å². The van der Waals surface area contributed by atoms with Gasteiger partial charge < -0.3 is 10.1 Å². The van der Waals surface area contributed by atoms with Crippen molar-refractivity contribution in [3.8, 4) is 5.75 Å². The summed E-state index contributed by atoms with van der Waals surface area (Å²) in [6.07, 6.45) is 0.546. The summed E-state index contributed by atoms with van der Waals surface area (Å²) in [4.78, 5) is 0. The maximum Gasteiger partial charge on any atom is 0.163 e. The summed E-state index contributed by atoms with van der Waals surface area (Å²) in [5.41, 5.74) is 0.643. The van der Waals surface area contributed by atoms with Gasteiger partial charge in [0.1, 0.15) is 5.75 Å². The van der Waals surface area contributed by atoms with Gasteiger partial charge in [0.2, 0.25) is 0 Å². The fraction of sp³-hybridized carbons (Fsp3) is 0.294. The van der Waals surface area contributed by atoms with Crippen LogP contribution in [0.4, 0.5) is 8.78 Å². The lowest BCUT2D eigenvalue weighted by atomic mass is 10.0. The quantitative estimate of drug-likeness (QED) is 0.868. The van der Waals surface area contributed by atoms with Crippen molar-refractivity contribution < 1.29 is 13.5 Å². The molecule has 2 aromatic carbocycles. The number of hydrogen-bond acceptors (Lipinski definition) is 2. The molecule has 0 aliphatic rings. The molecule has 1 atom stereocenters. The molecule has 0 heterocycles. The molecule has 0 aliphatic heterocycles. The van der Waals surface area contributed by atoms with Gasteiger partial charge in [-0.15, -0.1) is 0 Å². The topological polar surface area (TPSA) is 21.3 Å². The third kappa shape index (κ3) is 3.79. The Hall–Kier alpha value is -1.94. The molecule has 0 saturated heterocycles. The Labute approximate surface area is 123 Å². The van der Waals surface area contributed by atoms with Crippen molar-refractivity contribution >= 4 is 0 Å². The van der Waals surface area contributed by atoms with Gasteiger partial charge in [-0.3, -0.25) is 0 Å². The van der Waals surface area contributed by atoms with E-state index in [9.17, 15) is 8.78 Å². The second-order valence-electron chi connectivity index (χ2n) is 4.89. The lowest BCUT2D eigenvalue weighted by Crippen LogP contribution is -2.21. The van der Waals surface area contributed by atoms with Crippen LogP contribution in [0.5, 0.6) is 5.75 Å². The van der Waals surface area contributed by atoms with E-state index in [2.05, 4.69) is 5.32 Å². The van der Waals surface area contributed by atoms with E-state index in [1.54, 1.807) is 26.1 Å². The molecule has 0 fully saturated rings. The average molecular weight is 291 g/mol. The SMILES string of the molecule is CNC(CCOc1ccccc1)c1ccc(C)c(F)c1F. The highest BCUT2D eigenvalue weighted by Gasteiger charge is 2.18. The predicted molar refractivity (Wildman–Crippen MR) is 79.4 cm³/mol. The lowest BCUT2D eigenvalue weighted by Gasteiger charge is -2.18. The third-order valence-electron chi connectivity index (χ3n) is 3.45. The third-order valence-corrected chi connectivity index (χ3v) is 3.45. The van der Waals surface area contributed by atoms with Gasteiger partial charge in [-0.25, -0.2) is 8.78 Å². The van der Waals surface area contributed by atoms with E-state index in [0.29, 0.717) is 24.2 Å². The van der Waals surface area contributed by atoms with Gasteiger partial charge in [0, 0.05) is 18.0 Å². The van der Waals surface area contributed by atoms with Gasteiger partial charge in [0.05, 0.1) is 6.61 Å². The largest absolute Gasteiger partial charge is 0.494 e. The van der Waals surface area contributed by atoms with E-state index in [4.69, 9.17) is 4.74 Å². The summed E-state index contributed by atoms with van der Waals surface area (Å²) in [5.74, 6) is -0.797. The zero-order valence-electron chi connectivity index (χ0n) is 12.2. The first kappa shape index (κ1) is 15.4. The Morgan fingerprint density at radius 3 is 2.43 bits per heavy atom. The molecule has 0 bridgehead atoms. The van der Waals surface area contributed by atoms with Crippen LogP contribution in [-0.4, -0.2) is 13.7 Å². The Kier molecular flexibility index (Phi) is 5.28. The first-order chi connectivity index (χ1) is 10.1. The van der Waals surface area contributed by atoms with Gasteiger partial charge in [-0.05, 0) is 31.7 Å². The highest BCUT2D eigenvalue weighted by atomic mass is 19.2. The number of halogens is 2. The fourth-order valence-electron chi connectivity index (χ4n) is 2.20. The van der Waals surface area contributed by atoms with E-state index in [1.807, 2.05) is 30.3 Å². The van der Waals surface area contributed by atoms with E-state index < -0.39 is 11.6 Å². The maximum absolute atomic E-state index is 14.0. The summed E-state index contributed by atoms with van der Waals surface area (Å²) in [6, 6.07) is 12.3. The minimum absolute atomic E-state index is 0.288. The Bertz CT molecular complexity index is 587. The average Bonchev–Trinajstić information content (AvgIpc) is 2.51. The number of hydrogen-bond donors (Lipinski definition) is 1. The molecular weight excluding hydrogens is 272 g/mol. The van der Waals surface area contributed by atoms with Crippen LogP contribution in [0.1, 0.15) is 23.6 Å². The van der Waals surface area contributed by atoms with E-state index >= 15 is 0 Å². The van der Waals surface area contributed by atoms with Crippen LogP contribution in [0.2, 0.25) is 0 Å². The highest BCUT2D eigenvalue weighted by molar-refractivity contribution is 5.28. The first-order valence-corrected chi connectivity index (χ1v) is 6.93. The van der Waals surface area contributed by atoms with Crippen molar-refractivity contribution in [2.24, 2.45) is 0 Å². The van der Waals surface area contributed by atoms with Crippen LogP contribution in [0.15, 0.2) is 42.5 Å². The molecule has 0 spiro atoms. The number of para-hydroxylation sites is 1. The van der Waals surface area contributed by atoms with Crippen molar-refractivity contribution in [1.82, 2.24) is 5.32 Å². The molecule has 2 nitrogen and oxygen atoms in total. The number of aryl methyl sites for hydroxylation is 1. The monoisotopic (exact) mass is 291 g/mol. The van der Waals surface area contributed by atoms with Crippen molar-refractivity contribution in [3.63, 3.8) is 0 Å². The molecule has 2 aromatic rings. The van der Waals surface area contributed by atoms with Crippen LogP contribution >= 0.6 is 0 Å². The maximum atomic E-state index is 14.0. The zero-order valence-corrected chi connectivity index (χ0v) is 12.2. The molecule has 1 unspecified atom stereocenters. The van der Waals surface area contributed by atoms with Gasteiger partial charge in [0.15, 0.2) is 11.6 Å². The second kappa shape index (κ2) is 7.18. The molecule has 0 radical (unpaired) electrons. The van der Waals surface area contributed by atoms with E-state index in [-0.39, 0.29) is 6.04 Å². The molecule has 4 heteroatoms. The predicted octanol–water partition coefficient (Wildman–Crippen LogP) is 4.00.